The zero-order valence-corrected chi connectivity index (χ0v) is 13.0. The van der Waals surface area contributed by atoms with Gasteiger partial charge in [-0.15, -0.1) is 0 Å². The Kier molecular flexibility index (Phi) is 6.48. The summed E-state index contributed by atoms with van der Waals surface area (Å²) in [4.78, 5) is 15.9. The van der Waals surface area contributed by atoms with Crippen LogP contribution >= 0.6 is 0 Å². The molecule has 22 heavy (non-hydrogen) atoms. The maximum absolute atomic E-state index is 11.9. The number of nitrogens with zero attached hydrogens (tertiary/aromatic N) is 2. The van der Waals surface area contributed by atoms with Gasteiger partial charge in [0.25, 0.3) is 0 Å². The van der Waals surface area contributed by atoms with Gasteiger partial charge < -0.3 is 14.6 Å². The average Bonchev–Trinajstić information content (AvgIpc) is 3.04. The van der Waals surface area contributed by atoms with Crippen LogP contribution in [0.25, 0.3) is 0 Å². The van der Waals surface area contributed by atoms with Gasteiger partial charge in [-0.2, -0.15) is 0 Å². The molecule has 5 nitrogen and oxygen atoms in total. The number of carbonyl (C=O) groups is 1. The number of methoxy groups -OCH3 is 1. The molecule has 2 aromatic rings. The average molecular weight is 301 g/mol. The van der Waals surface area contributed by atoms with E-state index in [0.717, 1.165) is 43.7 Å². The number of amides is 1. The predicted octanol–water partition coefficient (Wildman–Crippen LogP) is 2.42. The van der Waals surface area contributed by atoms with Crippen molar-refractivity contribution in [2.24, 2.45) is 0 Å². The Morgan fingerprint density at radius 1 is 1.27 bits per heavy atom. The molecule has 0 saturated carbocycles. The van der Waals surface area contributed by atoms with Crippen molar-refractivity contribution in [1.82, 2.24) is 14.9 Å². The van der Waals surface area contributed by atoms with E-state index in [1.54, 1.807) is 13.3 Å². The van der Waals surface area contributed by atoms with E-state index in [4.69, 9.17) is 4.74 Å². The number of rotatable bonds is 9. The third-order valence-corrected chi connectivity index (χ3v) is 3.52. The van der Waals surface area contributed by atoms with Gasteiger partial charge in [0, 0.05) is 31.0 Å². The van der Waals surface area contributed by atoms with Crippen LogP contribution in [0.4, 0.5) is 0 Å². The van der Waals surface area contributed by atoms with E-state index in [-0.39, 0.29) is 5.91 Å². The van der Waals surface area contributed by atoms with Crippen LogP contribution in [0, 0.1) is 0 Å². The molecule has 0 bridgehead atoms. The number of aryl methyl sites for hydroxylation is 1. The molecule has 1 heterocycles. The molecule has 2 rings (SSSR count). The Morgan fingerprint density at radius 2 is 2.14 bits per heavy atom. The molecule has 1 aromatic carbocycles. The van der Waals surface area contributed by atoms with Crippen molar-refractivity contribution < 1.29 is 9.53 Å². The van der Waals surface area contributed by atoms with Crippen molar-refractivity contribution in [2.45, 2.75) is 32.2 Å². The lowest BCUT2D eigenvalue weighted by Crippen LogP contribution is -2.26. The fraction of sp³-hybridized carbons (Fsp3) is 0.412. The molecule has 0 saturated heterocycles. The van der Waals surface area contributed by atoms with E-state index in [1.165, 1.54) is 0 Å². The largest absolute Gasteiger partial charge is 0.496 e. The molecule has 5 heteroatoms. The van der Waals surface area contributed by atoms with Crippen LogP contribution in [-0.4, -0.2) is 29.1 Å². The van der Waals surface area contributed by atoms with Gasteiger partial charge in [0.15, 0.2) is 0 Å². The van der Waals surface area contributed by atoms with E-state index < -0.39 is 0 Å². The SMILES string of the molecule is COc1ccccc1CC(=O)NCCCCCn1ccnc1. The summed E-state index contributed by atoms with van der Waals surface area (Å²) in [5.74, 6) is 0.803. The Hall–Kier alpha value is -2.30. The van der Waals surface area contributed by atoms with E-state index in [2.05, 4.69) is 14.9 Å². The monoisotopic (exact) mass is 301 g/mol. The zero-order chi connectivity index (χ0) is 15.6. The van der Waals surface area contributed by atoms with Crippen LogP contribution in [0.3, 0.4) is 0 Å². The Balaban J connectivity index is 1.59. The molecule has 0 aliphatic carbocycles. The van der Waals surface area contributed by atoms with Crippen LogP contribution < -0.4 is 10.1 Å². The Bertz CT molecular complexity index is 567. The molecule has 1 aromatic heterocycles. The van der Waals surface area contributed by atoms with Gasteiger partial charge in [0.2, 0.25) is 5.91 Å². The molecular formula is C17H23N3O2. The molecular weight excluding hydrogens is 278 g/mol. The number of unbranched alkanes of at least 4 members (excludes halogenated alkanes) is 2. The number of hydrogen-bond donors (Lipinski definition) is 1. The highest BCUT2D eigenvalue weighted by Crippen LogP contribution is 2.17. The summed E-state index contributed by atoms with van der Waals surface area (Å²) in [6, 6.07) is 7.62. The normalized spacial score (nSPS) is 10.4. The summed E-state index contributed by atoms with van der Waals surface area (Å²) >= 11 is 0. The number of benzene rings is 1. The number of aromatic nitrogens is 2. The molecule has 0 spiro atoms. The summed E-state index contributed by atoms with van der Waals surface area (Å²) in [6.07, 6.45) is 9.12. The lowest BCUT2D eigenvalue weighted by Gasteiger charge is -2.09. The first-order valence-electron chi connectivity index (χ1n) is 7.64. The Morgan fingerprint density at radius 3 is 2.91 bits per heavy atom. The zero-order valence-electron chi connectivity index (χ0n) is 13.0. The summed E-state index contributed by atoms with van der Waals surface area (Å²) in [5.41, 5.74) is 0.919. The van der Waals surface area contributed by atoms with Gasteiger partial charge in [-0.3, -0.25) is 4.79 Å². The summed E-state index contributed by atoms with van der Waals surface area (Å²) in [6.45, 7) is 1.70. The highest BCUT2D eigenvalue weighted by Gasteiger charge is 2.07. The first-order valence-corrected chi connectivity index (χ1v) is 7.64. The highest BCUT2D eigenvalue weighted by atomic mass is 16.5. The van der Waals surface area contributed by atoms with Crippen LogP contribution in [0.1, 0.15) is 24.8 Å². The van der Waals surface area contributed by atoms with E-state index in [1.807, 2.05) is 36.8 Å². The maximum Gasteiger partial charge on any atom is 0.224 e. The van der Waals surface area contributed by atoms with Crippen molar-refractivity contribution in [3.63, 3.8) is 0 Å². The first kappa shape index (κ1) is 16.1. The van der Waals surface area contributed by atoms with Crippen molar-refractivity contribution in [1.29, 1.82) is 0 Å². The van der Waals surface area contributed by atoms with Crippen molar-refractivity contribution in [2.75, 3.05) is 13.7 Å². The minimum Gasteiger partial charge on any atom is -0.496 e. The molecule has 0 radical (unpaired) electrons. The van der Waals surface area contributed by atoms with Crippen LogP contribution in [0.5, 0.6) is 5.75 Å². The quantitative estimate of drug-likeness (QED) is 0.724. The van der Waals surface area contributed by atoms with Gasteiger partial charge in [-0.1, -0.05) is 18.2 Å². The molecule has 0 unspecified atom stereocenters. The molecule has 1 N–H and O–H groups in total. The van der Waals surface area contributed by atoms with Crippen LogP contribution in [-0.2, 0) is 17.8 Å². The van der Waals surface area contributed by atoms with Crippen LogP contribution in [0.15, 0.2) is 43.0 Å². The maximum atomic E-state index is 11.9. The third kappa shape index (κ3) is 5.24. The second kappa shape index (κ2) is 8.87. The topological polar surface area (TPSA) is 56.1 Å². The number of para-hydroxylation sites is 1. The van der Waals surface area contributed by atoms with Crippen LogP contribution in [0.2, 0.25) is 0 Å². The van der Waals surface area contributed by atoms with Gasteiger partial charge in [0.1, 0.15) is 5.75 Å². The molecule has 0 aliphatic rings. The number of carbonyl (C=O) groups excluding carboxylic acids is 1. The third-order valence-electron chi connectivity index (χ3n) is 3.52. The fourth-order valence-corrected chi connectivity index (χ4v) is 2.33. The van der Waals surface area contributed by atoms with Crippen molar-refractivity contribution in [3.05, 3.63) is 48.5 Å². The van der Waals surface area contributed by atoms with Gasteiger partial charge in [-0.25, -0.2) is 4.98 Å². The first-order chi connectivity index (χ1) is 10.8. The number of imidazole rings is 1. The van der Waals surface area contributed by atoms with E-state index in [9.17, 15) is 4.79 Å². The second-order valence-electron chi connectivity index (χ2n) is 5.20. The van der Waals surface area contributed by atoms with Gasteiger partial charge in [-0.05, 0) is 25.3 Å². The molecule has 0 atom stereocenters. The lowest BCUT2D eigenvalue weighted by molar-refractivity contribution is -0.120. The number of ether oxygens (including phenoxy) is 1. The smallest absolute Gasteiger partial charge is 0.224 e. The van der Waals surface area contributed by atoms with Crippen molar-refractivity contribution >= 4 is 5.91 Å². The van der Waals surface area contributed by atoms with E-state index >= 15 is 0 Å². The lowest BCUT2D eigenvalue weighted by atomic mass is 10.1. The summed E-state index contributed by atoms with van der Waals surface area (Å²) < 4.78 is 7.32. The second-order valence-corrected chi connectivity index (χ2v) is 5.20. The minimum absolute atomic E-state index is 0.0408. The molecule has 0 aliphatic heterocycles. The molecule has 118 valence electrons. The fourth-order valence-electron chi connectivity index (χ4n) is 2.33. The summed E-state index contributed by atoms with van der Waals surface area (Å²) in [7, 11) is 1.62. The number of nitrogens with one attached hydrogen (secondary N) is 1. The summed E-state index contributed by atoms with van der Waals surface area (Å²) in [5, 5.41) is 2.96. The molecule has 1 amide bonds. The predicted molar refractivity (Wildman–Crippen MR) is 85.8 cm³/mol. The van der Waals surface area contributed by atoms with Gasteiger partial charge >= 0.3 is 0 Å². The minimum atomic E-state index is 0.0408. The van der Waals surface area contributed by atoms with Crippen molar-refractivity contribution in [3.8, 4) is 5.75 Å². The highest BCUT2D eigenvalue weighted by molar-refractivity contribution is 5.79. The standard InChI is InChI=1S/C17H23N3O2/c1-22-16-8-4-3-7-15(16)13-17(21)19-9-5-2-6-11-20-12-10-18-14-20/h3-4,7-8,10,12,14H,2,5-6,9,11,13H2,1H3,(H,19,21). The number of hydrogen-bond acceptors (Lipinski definition) is 3. The molecule has 0 fully saturated rings. The Labute approximate surface area is 131 Å². The van der Waals surface area contributed by atoms with Gasteiger partial charge in [0.05, 0.1) is 19.9 Å². The van der Waals surface area contributed by atoms with E-state index in [0.29, 0.717) is 6.42 Å².